The number of nitriles is 2. The van der Waals surface area contributed by atoms with Gasteiger partial charge in [-0.25, -0.2) is 34.3 Å². The number of aromatic amines is 4. The monoisotopic (exact) mass is 1640 g/mol. The van der Waals surface area contributed by atoms with Gasteiger partial charge < -0.3 is 64.1 Å². The van der Waals surface area contributed by atoms with E-state index in [0.717, 1.165) is 63.4 Å². The minimum Gasteiger partial charge on any atom is -0.478 e. The number of H-pyrrole nitrogens is 4. The van der Waals surface area contributed by atoms with Crippen molar-refractivity contribution in [2.45, 2.75) is 180 Å². The van der Waals surface area contributed by atoms with E-state index in [0.29, 0.717) is 80.4 Å². The maximum atomic E-state index is 13.0. The summed E-state index contributed by atoms with van der Waals surface area (Å²) < 4.78 is 30.7. The summed E-state index contributed by atoms with van der Waals surface area (Å²) in [7, 11) is 1.62. The molecule has 0 bridgehead atoms. The minimum absolute atomic E-state index is 0.0487. The van der Waals surface area contributed by atoms with Gasteiger partial charge in [0.15, 0.2) is 0 Å². The lowest BCUT2D eigenvalue weighted by Gasteiger charge is -2.20. The fourth-order valence-electron chi connectivity index (χ4n) is 11.1. The SMILES string of the molecule is CC(C)(C)OC(=O)OC(=O)OC(C)(C)C.CCCc1c(C)cc(C)[nH]c1=O.Cc1cc(C)c(CCC(=O)OC(C)(C)C)c(=O)[nH]1.Cc1cc(C)c(CN(C)C(=O)c2ccc(Oc3cccc(-c4ccncn4)c3C#N)c(Cl)c2)c(=O)[nH]1.Cc1cc(C)c(CN)c(=O)[nH]1.N#Cc1c(Oc2ccc(C(=O)O)cc2Cl)cccc1-c1ccncn1. The maximum absolute atomic E-state index is 13.0. The van der Waals surface area contributed by atoms with Crippen molar-refractivity contribution in [2.24, 2.45) is 5.73 Å². The van der Waals surface area contributed by atoms with Crippen LogP contribution in [-0.2, 0) is 49.7 Å². The number of aryl methyl sites for hydroxylation is 8. The van der Waals surface area contributed by atoms with Gasteiger partial charge in [-0.1, -0.05) is 60.8 Å². The van der Waals surface area contributed by atoms with Crippen molar-refractivity contribution in [3.8, 4) is 57.7 Å². The first-order chi connectivity index (χ1) is 54.9. The quantitative estimate of drug-likeness (QED) is 0.0297. The van der Waals surface area contributed by atoms with Crippen LogP contribution in [-0.4, -0.2) is 104 Å². The van der Waals surface area contributed by atoms with E-state index >= 15 is 0 Å². The number of amides is 1. The van der Waals surface area contributed by atoms with Gasteiger partial charge in [-0.15, -0.1) is 0 Å². The molecular formula is C87H98Cl2N12O16. The van der Waals surface area contributed by atoms with Gasteiger partial charge in [-0.05, 0) is 238 Å². The number of carboxylic acid groups (broad SMARTS) is 1. The van der Waals surface area contributed by atoms with E-state index in [9.17, 15) is 53.7 Å². The van der Waals surface area contributed by atoms with E-state index in [-0.39, 0.29) is 74.2 Å². The zero-order valence-corrected chi connectivity index (χ0v) is 70.5. The van der Waals surface area contributed by atoms with Crippen molar-refractivity contribution in [3.05, 3.63) is 275 Å². The van der Waals surface area contributed by atoms with Gasteiger partial charge in [0.05, 0.1) is 33.5 Å². The lowest BCUT2D eigenvalue weighted by Crippen LogP contribution is -2.30. The van der Waals surface area contributed by atoms with E-state index in [2.05, 4.69) is 63.7 Å². The van der Waals surface area contributed by atoms with Crippen LogP contribution in [0.5, 0.6) is 23.0 Å². The Kier molecular flexibility index (Phi) is 35.3. The second-order valence-corrected chi connectivity index (χ2v) is 30.4. The third-order valence-corrected chi connectivity index (χ3v) is 16.7. The Balaban J connectivity index is 0.000000265. The fourth-order valence-corrected chi connectivity index (χ4v) is 11.5. The molecule has 10 rings (SSSR count). The highest BCUT2D eigenvalue weighted by atomic mass is 35.5. The highest BCUT2D eigenvalue weighted by Gasteiger charge is 2.26. The molecule has 0 unspecified atom stereocenters. The van der Waals surface area contributed by atoms with E-state index < -0.39 is 35.1 Å². The van der Waals surface area contributed by atoms with Crippen LogP contribution in [0.1, 0.15) is 181 Å². The second kappa shape index (κ2) is 43.6. The summed E-state index contributed by atoms with van der Waals surface area (Å²) in [5, 5.41) is 28.6. The molecular weight excluding hydrogens is 1540 g/mol. The molecule has 0 aliphatic heterocycles. The predicted molar refractivity (Wildman–Crippen MR) is 446 cm³/mol. The molecule has 6 aromatic heterocycles. The standard InChI is InChI=1S/C27H22ClN5O3.C18H10ClN3O3.C14H21NO3.C10H15NO.C10H18O5.C8H12N2O/c1-16-11-17(2)32-26(34)21(16)14-33(3)27(35)18-7-8-25(22(28)12-18)36-24-6-4-5-19(20(24)13-29)23-9-10-30-15-31-23;19-14-8-11(18(23)24)4-5-17(14)25-16-3-1-2-12(13(16)9-20)15-6-7-21-10-22-15;1-9-8-10(2)15-13(17)11(9)6-7-12(16)18-14(3,4)5;1-4-5-9-7(2)6-8(3)11-10(9)12;1-9(2,3)14-7(11)13-8(12)15-10(4,5)6;1-5-3-6(2)10-8(11)7(5)4-9/h4-12,15H,14H2,1-3H3,(H,32,34);1-8,10H,(H,23,24);8H,6-7H2,1-5H3,(H,15,17);6H,4-5H2,1-3H3,(H,11,12);1-6H3;3H,4,9H2,1-2H3,(H,10,11). The average Bonchev–Trinajstić information content (AvgIpc) is 0.807. The van der Waals surface area contributed by atoms with Crippen molar-refractivity contribution in [3.63, 3.8) is 0 Å². The number of benzene rings is 4. The molecule has 0 spiro atoms. The first-order valence-electron chi connectivity index (χ1n) is 36.7. The number of rotatable bonds is 16. The normalized spacial score (nSPS) is 10.7. The van der Waals surface area contributed by atoms with E-state index in [4.69, 9.17) is 57.7 Å². The number of aromatic nitrogens is 8. The van der Waals surface area contributed by atoms with Crippen LogP contribution in [0.25, 0.3) is 22.5 Å². The van der Waals surface area contributed by atoms with Gasteiger partial charge in [0.1, 0.15) is 75.7 Å². The van der Waals surface area contributed by atoms with Crippen molar-refractivity contribution < 1.29 is 57.5 Å². The average molecular weight is 1640 g/mol. The summed E-state index contributed by atoms with van der Waals surface area (Å²) in [5.41, 5.74) is 16.6. The summed E-state index contributed by atoms with van der Waals surface area (Å²) in [6.07, 6.45) is 6.40. The van der Waals surface area contributed by atoms with E-state index in [1.807, 2.05) is 100 Å². The Bertz CT molecular complexity index is 5490. The van der Waals surface area contributed by atoms with Gasteiger partial charge in [-0.3, -0.25) is 28.8 Å². The number of pyridine rings is 4. The first-order valence-corrected chi connectivity index (χ1v) is 37.5. The van der Waals surface area contributed by atoms with Gasteiger partial charge in [0, 0.05) is 94.1 Å². The van der Waals surface area contributed by atoms with Crippen molar-refractivity contribution in [1.29, 1.82) is 10.5 Å². The molecule has 0 radical (unpaired) electrons. The van der Waals surface area contributed by atoms with Crippen LogP contribution in [0.3, 0.4) is 0 Å². The summed E-state index contributed by atoms with van der Waals surface area (Å²) in [6, 6.07) is 34.5. The van der Waals surface area contributed by atoms with Crippen LogP contribution in [0, 0.1) is 78.1 Å². The molecule has 616 valence electrons. The van der Waals surface area contributed by atoms with Gasteiger partial charge >= 0.3 is 24.2 Å². The number of hydrogen-bond donors (Lipinski definition) is 6. The second-order valence-electron chi connectivity index (χ2n) is 29.6. The smallest absolute Gasteiger partial charge is 0.478 e. The number of carbonyl (C=O) groups is 5. The van der Waals surface area contributed by atoms with Crippen molar-refractivity contribution in [1.82, 2.24) is 44.8 Å². The highest BCUT2D eigenvalue weighted by molar-refractivity contribution is 6.32. The molecule has 4 aromatic carbocycles. The Morgan fingerprint density at radius 2 is 0.880 bits per heavy atom. The number of aromatic carboxylic acids is 1. The van der Waals surface area contributed by atoms with Gasteiger partial charge in [0.25, 0.3) is 28.1 Å². The molecule has 0 fully saturated rings. The Hall–Kier alpha value is -12.9. The predicted octanol–water partition coefficient (Wildman–Crippen LogP) is 16.7. The molecule has 30 heteroatoms. The third kappa shape index (κ3) is 30.4. The number of esters is 1. The van der Waals surface area contributed by atoms with Crippen LogP contribution in [0.2, 0.25) is 10.0 Å². The molecule has 1 amide bonds. The Morgan fingerprint density at radius 3 is 1.22 bits per heavy atom. The van der Waals surface area contributed by atoms with Crippen LogP contribution in [0.4, 0.5) is 9.59 Å². The number of nitrogens with one attached hydrogen (secondary N) is 4. The summed E-state index contributed by atoms with van der Waals surface area (Å²) in [5.74, 6) is -0.518. The lowest BCUT2D eigenvalue weighted by atomic mass is 10.0. The van der Waals surface area contributed by atoms with E-state index in [1.165, 1.54) is 41.8 Å². The molecule has 7 N–H and O–H groups in total. The number of hydrogen-bond acceptors (Lipinski definition) is 22. The summed E-state index contributed by atoms with van der Waals surface area (Å²) >= 11 is 12.5. The molecule has 28 nitrogen and oxygen atoms in total. The summed E-state index contributed by atoms with van der Waals surface area (Å²) in [4.78, 5) is 133. The highest BCUT2D eigenvalue weighted by Crippen LogP contribution is 2.38. The number of halogens is 2. The number of nitrogens with zero attached hydrogens (tertiary/aromatic N) is 7. The largest absolute Gasteiger partial charge is 0.519 e. The Labute approximate surface area is 688 Å². The van der Waals surface area contributed by atoms with Crippen molar-refractivity contribution in [2.75, 3.05) is 7.05 Å². The molecule has 0 atom stereocenters. The molecule has 0 saturated heterocycles. The zero-order chi connectivity index (χ0) is 87.4. The molecule has 10 aromatic rings. The third-order valence-electron chi connectivity index (χ3n) is 16.2. The minimum atomic E-state index is -1.09. The molecule has 0 saturated carbocycles. The van der Waals surface area contributed by atoms with Crippen LogP contribution >= 0.6 is 23.2 Å². The number of carbonyl (C=O) groups excluding carboxylic acids is 4. The Morgan fingerprint density at radius 1 is 0.504 bits per heavy atom. The topological polar surface area (TPSA) is 421 Å². The summed E-state index contributed by atoms with van der Waals surface area (Å²) in [6.45, 7) is 33.1. The lowest BCUT2D eigenvalue weighted by molar-refractivity contribution is -0.154. The molecule has 0 aliphatic rings. The zero-order valence-electron chi connectivity index (χ0n) is 69.0. The molecule has 117 heavy (non-hydrogen) atoms. The first kappa shape index (κ1) is 94.7. The molecule has 0 aliphatic carbocycles. The maximum Gasteiger partial charge on any atom is 0.519 e. The fraction of sp³-hybridized carbons (Fsp3) is 0.322. The van der Waals surface area contributed by atoms with E-state index in [1.54, 1.807) is 122 Å². The molecule has 6 heterocycles. The number of nitrogens with two attached hydrogens (primary N) is 1. The van der Waals surface area contributed by atoms with Crippen molar-refractivity contribution >= 4 is 53.4 Å². The van der Waals surface area contributed by atoms with Gasteiger partial charge in [-0.2, -0.15) is 10.5 Å². The van der Waals surface area contributed by atoms with Gasteiger partial charge in [0.2, 0.25) is 0 Å². The number of ether oxygens (including phenoxy) is 6. The number of carboxylic acids is 1. The van der Waals surface area contributed by atoms with Crippen LogP contribution < -0.4 is 37.4 Å². The van der Waals surface area contributed by atoms with Crippen LogP contribution in [0.15, 0.2) is 153 Å².